The van der Waals surface area contributed by atoms with Gasteiger partial charge >= 0.3 is 0 Å². The first-order valence-electron chi connectivity index (χ1n) is 8.97. The molecule has 3 nitrogen and oxygen atoms in total. The lowest BCUT2D eigenvalue weighted by atomic mass is 9.96. The molecule has 0 unspecified atom stereocenters. The van der Waals surface area contributed by atoms with Crippen molar-refractivity contribution in [1.82, 2.24) is 10.5 Å². The molecule has 0 saturated carbocycles. The minimum Gasteiger partial charge on any atom is -0.305 e. The van der Waals surface area contributed by atoms with Gasteiger partial charge in [0.1, 0.15) is 0 Å². The van der Waals surface area contributed by atoms with Crippen molar-refractivity contribution in [1.29, 1.82) is 0 Å². The topological polar surface area (TPSA) is 34.1 Å². The van der Waals surface area contributed by atoms with E-state index in [0.717, 1.165) is 12.5 Å². The molecule has 0 aliphatic rings. The number of unbranched alkanes of at least 4 members (excludes halogenated alkanes) is 7. The summed E-state index contributed by atoms with van der Waals surface area (Å²) in [6, 6.07) is 4.22. The Bertz CT molecular complexity index is 343. The fourth-order valence-corrected chi connectivity index (χ4v) is 2.88. The first-order valence-corrected chi connectivity index (χ1v) is 8.97. The Hall–Kier alpha value is -0.930. The maximum absolute atomic E-state index is 4.82. The lowest BCUT2D eigenvalue weighted by molar-refractivity contribution is 0.0904. The maximum Gasteiger partial charge on any atom is 0.0572 e. The van der Waals surface area contributed by atoms with Gasteiger partial charge in [-0.05, 0) is 30.4 Å². The van der Waals surface area contributed by atoms with Crippen molar-refractivity contribution in [2.45, 2.75) is 71.1 Å². The molecule has 3 heteroatoms. The van der Waals surface area contributed by atoms with Gasteiger partial charge in [-0.25, -0.2) is 5.48 Å². The van der Waals surface area contributed by atoms with Crippen molar-refractivity contribution in [2.24, 2.45) is 5.92 Å². The van der Waals surface area contributed by atoms with E-state index in [4.69, 9.17) is 4.84 Å². The number of hydroxylamine groups is 1. The first-order chi connectivity index (χ1) is 10.8. The summed E-state index contributed by atoms with van der Waals surface area (Å²) < 4.78 is 0. The van der Waals surface area contributed by atoms with E-state index >= 15 is 0 Å². The molecule has 0 aromatic carbocycles. The van der Waals surface area contributed by atoms with Gasteiger partial charge in [-0.3, -0.25) is 4.98 Å². The summed E-state index contributed by atoms with van der Waals surface area (Å²) in [5.41, 5.74) is 4.26. The van der Waals surface area contributed by atoms with Crippen molar-refractivity contribution in [2.75, 3.05) is 13.7 Å². The molecule has 1 rings (SSSR count). The second-order valence-electron chi connectivity index (χ2n) is 6.39. The smallest absolute Gasteiger partial charge is 0.0572 e. The summed E-state index contributed by atoms with van der Waals surface area (Å²) >= 11 is 0. The van der Waals surface area contributed by atoms with Crippen molar-refractivity contribution < 1.29 is 4.84 Å². The van der Waals surface area contributed by atoms with Gasteiger partial charge in [-0.2, -0.15) is 0 Å². The molecule has 0 bridgehead atoms. The average Bonchev–Trinajstić information content (AvgIpc) is 2.53. The summed E-state index contributed by atoms with van der Waals surface area (Å²) in [5, 5.41) is 0. The van der Waals surface area contributed by atoms with Crippen molar-refractivity contribution in [3.63, 3.8) is 0 Å². The molecule has 1 heterocycles. The predicted molar refractivity (Wildman–Crippen MR) is 93.7 cm³/mol. The van der Waals surface area contributed by atoms with Gasteiger partial charge in [0, 0.05) is 18.9 Å². The van der Waals surface area contributed by atoms with Gasteiger partial charge in [0.25, 0.3) is 0 Å². The van der Waals surface area contributed by atoms with Gasteiger partial charge in [-0.15, -0.1) is 0 Å². The summed E-state index contributed by atoms with van der Waals surface area (Å²) in [4.78, 5) is 9.01. The van der Waals surface area contributed by atoms with Crippen molar-refractivity contribution in [3.05, 3.63) is 30.1 Å². The van der Waals surface area contributed by atoms with Crippen LogP contribution in [0.5, 0.6) is 0 Å². The average molecular weight is 306 g/mol. The van der Waals surface area contributed by atoms with E-state index in [1.54, 1.807) is 7.11 Å². The van der Waals surface area contributed by atoms with Gasteiger partial charge in [0.05, 0.1) is 7.11 Å². The third-order valence-corrected chi connectivity index (χ3v) is 4.18. The number of hydrogen-bond acceptors (Lipinski definition) is 3. The lowest BCUT2D eigenvalue weighted by Crippen LogP contribution is -2.12. The molecule has 1 aromatic rings. The Labute approximate surface area is 136 Å². The summed E-state index contributed by atoms with van der Waals surface area (Å²) in [6.45, 7) is 3.34. The van der Waals surface area contributed by atoms with E-state index in [1.807, 2.05) is 18.5 Å². The third kappa shape index (κ3) is 10.7. The van der Waals surface area contributed by atoms with Crippen LogP contribution in [0, 0.1) is 5.92 Å². The zero-order valence-corrected chi connectivity index (χ0v) is 14.5. The summed E-state index contributed by atoms with van der Waals surface area (Å²) in [5.74, 6) is 0.775. The highest BCUT2D eigenvalue weighted by atomic mass is 16.6. The van der Waals surface area contributed by atoms with Crippen LogP contribution in [0.4, 0.5) is 0 Å². The number of rotatable bonds is 14. The van der Waals surface area contributed by atoms with Crippen molar-refractivity contribution >= 4 is 0 Å². The summed E-state index contributed by atoms with van der Waals surface area (Å²) in [7, 11) is 1.68. The standard InChI is InChI=1S/C19H34N2O/c1-18(16-19-13-11-14-20-17-19)12-9-7-5-3-4-6-8-10-15-21-22-2/h11,13-14,17-18,21H,3-10,12,15-16H2,1-2H3/t18-/m0/s1. The van der Waals surface area contributed by atoms with Crippen LogP contribution in [0.25, 0.3) is 0 Å². The van der Waals surface area contributed by atoms with Gasteiger partial charge in [0.15, 0.2) is 0 Å². The van der Waals surface area contributed by atoms with E-state index in [-0.39, 0.29) is 0 Å². The highest BCUT2D eigenvalue weighted by molar-refractivity contribution is 5.08. The molecule has 1 N–H and O–H groups in total. The van der Waals surface area contributed by atoms with Crippen LogP contribution >= 0.6 is 0 Å². The first kappa shape index (κ1) is 19.1. The van der Waals surface area contributed by atoms with Crippen LogP contribution in [0.15, 0.2) is 24.5 Å². The molecule has 0 spiro atoms. The van der Waals surface area contributed by atoms with Crippen LogP contribution in [0.3, 0.4) is 0 Å². The molecule has 0 amide bonds. The van der Waals surface area contributed by atoms with Gasteiger partial charge in [0.2, 0.25) is 0 Å². The van der Waals surface area contributed by atoms with E-state index in [0.29, 0.717) is 0 Å². The molecule has 1 aromatic heterocycles. The Kier molecular flexibility index (Phi) is 11.9. The van der Waals surface area contributed by atoms with Gasteiger partial charge in [-0.1, -0.05) is 64.4 Å². The fourth-order valence-electron chi connectivity index (χ4n) is 2.88. The molecule has 22 heavy (non-hydrogen) atoms. The molecule has 0 fully saturated rings. The molecule has 1 atom stereocenters. The summed E-state index contributed by atoms with van der Waals surface area (Å²) in [6.07, 6.45) is 17.2. The van der Waals surface area contributed by atoms with Crippen LogP contribution in [-0.4, -0.2) is 18.6 Å². The van der Waals surface area contributed by atoms with Gasteiger partial charge < -0.3 is 4.84 Å². The highest BCUT2D eigenvalue weighted by Crippen LogP contribution is 2.16. The van der Waals surface area contributed by atoms with Crippen LogP contribution in [-0.2, 0) is 11.3 Å². The lowest BCUT2D eigenvalue weighted by Gasteiger charge is -2.11. The van der Waals surface area contributed by atoms with Crippen LogP contribution in [0.2, 0.25) is 0 Å². The Balaban J connectivity index is 1.85. The van der Waals surface area contributed by atoms with E-state index in [1.165, 1.54) is 69.8 Å². The monoisotopic (exact) mass is 306 g/mol. The quantitative estimate of drug-likeness (QED) is 0.391. The highest BCUT2D eigenvalue weighted by Gasteiger charge is 2.03. The number of hydrogen-bond donors (Lipinski definition) is 1. The maximum atomic E-state index is 4.82. The molecular formula is C19H34N2O. The Morgan fingerprint density at radius 2 is 1.73 bits per heavy atom. The molecular weight excluding hydrogens is 272 g/mol. The Morgan fingerprint density at radius 1 is 1.05 bits per heavy atom. The number of aromatic nitrogens is 1. The normalized spacial score (nSPS) is 12.5. The molecule has 0 aliphatic heterocycles. The largest absolute Gasteiger partial charge is 0.305 e. The zero-order chi connectivity index (χ0) is 15.9. The number of nitrogens with zero attached hydrogens (tertiary/aromatic N) is 1. The molecule has 0 radical (unpaired) electrons. The van der Waals surface area contributed by atoms with E-state index in [2.05, 4.69) is 23.5 Å². The fraction of sp³-hybridized carbons (Fsp3) is 0.737. The van der Waals surface area contributed by atoms with Crippen molar-refractivity contribution in [3.8, 4) is 0 Å². The second kappa shape index (κ2) is 13.7. The second-order valence-corrected chi connectivity index (χ2v) is 6.39. The predicted octanol–water partition coefficient (Wildman–Crippen LogP) is 4.92. The number of nitrogens with one attached hydrogen (secondary N) is 1. The molecule has 0 saturated heterocycles. The van der Waals surface area contributed by atoms with Crippen LogP contribution < -0.4 is 5.48 Å². The van der Waals surface area contributed by atoms with E-state index < -0.39 is 0 Å². The number of pyridine rings is 1. The minimum atomic E-state index is 0.775. The molecule has 126 valence electrons. The SMILES string of the molecule is CONCCCCCCCCCC[C@H](C)Cc1cccnc1. The van der Waals surface area contributed by atoms with E-state index in [9.17, 15) is 0 Å². The minimum absolute atomic E-state index is 0.775. The zero-order valence-electron chi connectivity index (χ0n) is 14.5. The Morgan fingerprint density at radius 3 is 2.36 bits per heavy atom. The molecule has 0 aliphatic carbocycles. The third-order valence-electron chi connectivity index (χ3n) is 4.18. The van der Waals surface area contributed by atoms with Crippen LogP contribution in [0.1, 0.15) is 70.3 Å².